The normalized spacial score (nSPS) is 10.4. The van der Waals surface area contributed by atoms with Gasteiger partial charge in [-0.2, -0.15) is 10.1 Å². The van der Waals surface area contributed by atoms with E-state index in [0.29, 0.717) is 32.8 Å². The van der Waals surface area contributed by atoms with Crippen molar-refractivity contribution in [3.8, 4) is 0 Å². The summed E-state index contributed by atoms with van der Waals surface area (Å²) < 4.78 is 0. The fourth-order valence-electron chi connectivity index (χ4n) is 2.11. The van der Waals surface area contributed by atoms with Crippen molar-refractivity contribution in [3.63, 3.8) is 0 Å². The van der Waals surface area contributed by atoms with Crippen molar-refractivity contribution in [2.75, 3.05) is 10.6 Å². The van der Waals surface area contributed by atoms with Crippen LogP contribution in [0, 0.1) is 0 Å². The Morgan fingerprint density at radius 1 is 1.04 bits per heavy atom. The lowest BCUT2D eigenvalue weighted by molar-refractivity contribution is 0.101. The zero-order valence-electron chi connectivity index (χ0n) is 13.1. The van der Waals surface area contributed by atoms with E-state index in [1.165, 1.54) is 13.1 Å². The number of nitrogens with one attached hydrogen (secondary N) is 2. The summed E-state index contributed by atoms with van der Waals surface area (Å²) in [5.74, 6) is 0.676. The molecule has 1 heterocycles. The zero-order valence-corrected chi connectivity index (χ0v) is 14.6. The molecule has 1 aromatic heterocycles. The van der Waals surface area contributed by atoms with Crippen LogP contribution in [0.3, 0.4) is 0 Å². The molecule has 3 aromatic rings. The predicted molar refractivity (Wildman–Crippen MR) is 99.3 cm³/mol. The van der Waals surface area contributed by atoms with Gasteiger partial charge < -0.3 is 10.6 Å². The van der Waals surface area contributed by atoms with Crippen LogP contribution in [0.15, 0.2) is 48.7 Å². The van der Waals surface area contributed by atoms with Crippen LogP contribution in [0.1, 0.15) is 17.3 Å². The molecule has 8 heteroatoms. The lowest BCUT2D eigenvalue weighted by Crippen LogP contribution is -2.03. The number of carbonyl (C=O) groups is 1. The van der Waals surface area contributed by atoms with Gasteiger partial charge in [-0.1, -0.05) is 41.4 Å². The Hall–Kier alpha value is -2.70. The lowest BCUT2D eigenvalue weighted by Gasteiger charge is -2.10. The molecule has 126 valence electrons. The molecule has 0 amide bonds. The molecule has 2 aromatic carbocycles. The minimum atomic E-state index is -0.0218. The molecule has 0 aliphatic heterocycles. The van der Waals surface area contributed by atoms with Gasteiger partial charge in [0, 0.05) is 11.3 Å². The van der Waals surface area contributed by atoms with Crippen LogP contribution in [-0.2, 0) is 0 Å². The maximum Gasteiger partial charge on any atom is 0.249 e. The second kappa shape index (κ2) is 7.46. The highest BCUT2D eigenvalue weighted by atomic mass is 35.5. The number of carbonyl (C=O) groups excluding carboxylic acids is 1. The molecule has 0 fully saturated rings. The molecule has 0 unspecified atom stereocenters. The molecule has 0 saturated carbocycles. The number of hydrogen-bond acceptors (Lipinski definition) is 6. The van der Waals surface area contributed by atoms with E-state index >= 15 is 0 Å². The number of anilines is 4. The zero-order chi connectivity index (χ0) is 17.8. The third-order valence-corrected chi connectivity index (χ3v) is 3.93. The maximum absolute atomic E-state index is 11.5. The number of Topliss-reactive ketones (excluding diaryl/α,β-unsaturated/α-hetero) is 1. The van der Waals surface area contributed by atoms with Crippen LogP contribution >= 0.6 is 23.2 Å². The molecule has 0 radical (unpaired) electrons. The summed E-state index contributed by atoms with van der Waals surface area (Å²) in [5.41, 5.74) is 1.81. The Bertz CT molecular complexity index is 912. The van der Waals surface area contributed by atoms with E-state index in [1.54, 1.807) is 42.5 Å². The number of rotatable bonds is 5. The topological polar surface area (TPSA) is 79.8 Å². The monoisotopic (exact) mass is 373 g/mol. The van der Waals surface area contributed by atoms with Crippen LogP contribution in [0.25, 0.3) is 0 Å². The minimum Gasteiger partial charge on any atom is -0.336 e. The average Bonchev–Trinajstić information content (AvgIpc) is 2.59. The molecular weight excluding hydrogens is 361 g/mol. The van der Waals surface area contributed by atoms with Crippen molar-refractivity contribution >= 4 is 52.1 Å². The fourth-order valence-corrected chi connectivity index (χ4v) is 2.60. The molecular formula is C17H13Cl2N5O. The van der Waals surface area contributed by atoms with Gasteiger partial charge in [0.1, 0.15) is 0 Å². The molecule has 0 saturated heterocycles. The van der Waals surface area contributed by atoms with E-state index in [-0.39, 0.29) is 11.7 Å². The lowest BCUT2D eigenvalue weighted by atomic mass is 10.1. The third kappa shape index (κ3) is 4.23. The fraction of sp³-hybridized carbons (Fsp3) is 0.0588. The molecule has 0 bridgehead atoms. The Morgan fingerprint density at radius 2 is 1.76 bits per heavy atom. The van der Waals surface area contributed by atoms with E-state index in [4.69, 9.17) is 23.2 Å². The molecule has 0 spiro atoms. The van der Waals surface area contributed by atoms with Gasteiger partial charge in [-0.25, -0.2) is 0 Å². The van der Waals surface area contributed by atoms with Gasteiger partial charge in [-0.15, -0.1) is 5.10 Å². The first-order valence-corrected chi connectivity index (χ1v) is 8.07. The Balaban J connectivity index is 1.82. The van der Waals surface area contributed by atoms with Crippen LogP contribution in [0.4, 0.5) is 23.1 Å². The largest absolute Gasteiger partial charge is 0.336 e. The number of aromatic nitrogens is 3. The molecule has 3 rings (SSSR count). The smallest absolute Gasteiger partial charge is 0.249 e. The maximum atomic E-state index is 11.5. The number of halogens is 2. The molecule has 2 N–H and O–H groups in total. The number of hydrogen-bond donors (Lipinski definition) is 2. The van der Waals surface area contributed by atoms with Gasteiger partial charge in [0.25, 0.3) is 0 Å². The van der Waals surface area contributed by atoms with E-state index < -0.39 is 0 Å². The summed E-state index contributed by atoms with van der Waals surface area (Å²) in [5, 5.41) is 14.8. The van der Waals surface area contributed by atoms with Gasteiger partial charge in [0.2, 0.25) is 5.95 Å². The second-order valence-electron chi connectivity index (χ2n) is 5.15. The van der Waals surface area contributed by atoms with E-state index in [1.807, 2.05) is 0 Å². The minimum absolute atomic E-state index is 0.0218. The number of nitrogens with zero attached hydrogens (tertiary/aromatic N) is 3. The van der Waals surface area contributed by atoms with Crippen molar-refractivity contribution in [2.24, 2.45) is 0 Å². The third-order valence-electron chi connectivity index (χ3n) is 3.30. The van der Waals surface area contributed by atoms with Gasteiger partial charge in [0.05, 0.1) is 21.9 Å². The van der Waals surface area contributed by atoms with Crippen molar-refractivity contribution in [1.82, 2.24) is 15.2 Å². The van der Waals surface area contributed by atoms with Crippen molar-refractivity contribution < 1.29 is 4.79 Å². The first kappa shape index (κ1) is 17.1. The standard InChI is InChI=1S/C17H13Cl2N5O/c1-10(25)11-4-2-5-12(8-11)21-17-23-15(9-20-24-17)22-16-13(18)6-3-7-14(16)19/h2-9H,1H3,(H2,21,22,23,24). The summed E-state index contributed by atoms with van der Waals surface area (Å²) in [6.45, 7) is 1.51. The highest BCUT2D eigenvalue weighted by Crippen LogP contribution is 2.32. The average molecular weight is 374 g/mol. The molecule has 0 aliphatic rings. The summed E-state index contributed by atoms with van der Waals surface area (Å²) in [6.07, 6.45) is 1.46. The summed E-state index contributed by atoms with van der Waals surface area (Å²) in [7, 11) is 0. The van der Waals surface area contributed by atoms with Gasteiger partial charge >= 0.3 is 0 Å². The second-order valence-corrected chi connectivity index (χ2v) is 5.96. The van der Waals surface area contributed by atoms with Crippen molar-refractivity contribution in [3.05, 3.63) is 64.3 Å². The van der Waals surface area contributed by atoms with E-state index in [0.717, 1.165) is 0 Å². The Kier molecular flexibility index (Phi) is 5.11. The van der Waals surface area contributed by atoms with Crippen LogP contribution in [0.2, 0.25) is 10.0 Å². The van der Waals surface area contributed by atoms with E-state index in [9.17, 15) is 4.79 Å². The summed E-state index contributed by atoms with van der Waals surface area (Å²) in [6, 6.07) is 12.2. The quantitative estimate of drug-likeness (QED) is 0.621. The van der Waals surface area contributed by atoms with Crippen molar-refractivity contribution in [1.29, 1.82) is 0 Å². The highest BCUT2D eigenvalue weighted by Gasteiger charge is 2.08. The van der Waals surface area contributed by atoms with Gasteiger partial charge in [0.15, 0.2) is 11.6 Å². The predicted octanol–water partition coefficient (Wildman–Crippen LogP) is 4.87. The van der Waals surface area contributed by atoms with Crippen LogP contribution in [-0.4, -0.2) is 21.0 Å². The first-order valence-electron chi connectivity index (χ1n) is 7.32. The van der Waals surface area contributed by atoms with Crippen LogP contribution in [0.5, 0.6) is 0 Å². The Morgan fingerprint density at radius 3 is 2.48 bits per heavy atom. The van der Waals surface area contributed by atoms with E-state index in [2.05, 4.69) is 25.8 Å². The Labute approximate surface area is 154 Å². The number of benzene rings is 2. The van der Waals surface area contributed by atoms with Gasteiger partial charge in [-0.05, 0) is 31.2 Å². The highest BCUT2D eigenvalue weighted by molar-refractivity contribution is 6.39. The summed E-state index contributed by atoms with van der Waals surface area (Å²) >= 11 is 12.3. The van der Waals surface area contributed by atoms with Gasteiger partial charge in [-0.3, -0.25) is 4.79 Å². The molecule has 6 nitrogen and oxygen atoms in total. The van der Waals surface area contributed by atoms with Crippen molar-refractivity contribution in [2.45, 2.75) is 6.92 Å². The molecule has 0 aliphatic carbocycles. The molecule has 0 atom stereocenters. The summed E-state index contributed by atoms with van der Waals surface area (Å²) in [4.78, 5) is 15.8. The number of ketones is 1. The number of para-hydroxylation sites is 1. The van der Waals surface area contributed by atoms with Crippen LogP contribution < -0.4 is 10.6 Å². The first-order chi connectivity index (χ1) is 12.0. The SMILES string of the molecule is CC(=O)c1cccc(Nc2nncc(Nc3c(Cl)cccc3Cl)n2)c1. The molecule has 25 heavy (non-hydrogen) atoms.